The van der Waals surface area contributed by atoms with E-state index < -0.39 is 5.97 Å². The second kappa shape index (κ2) is 9.67. The first-order chi connectivity index (χ1) is 15.1. The highest BCUT2D eigenvalue weighted by Gasteiger charge is 2.15. The van der Waals surface area contributed by atoms with Crippen LogP contribution >= 0.6 is 11.6 Å². The number of aromatic nitrogens is 1. The monoisotopic (exact) mass is 435 g/mol. The molecule has 0 saturated carbocycles. The molecule has 5 nitrogen and oxygen atoms in total. The summed E-state index contributed by atoms with van der Waals surface area (Å²) in [6.07, 6.45) is 2.05. The molecule has 0 atom stereocenters. The topological polar surface area (TPSA) is 61.6 Å². The Bertz CT molecular complexity index is 1190. The molecule has 0 aliphatic rings. The summed E-state index contributed by atoms with van der Waals surface area (Å²) in [5, 5.41) is 0.489. The van der Waals surface area contributed by atoms with Gasteiger partial charge in [-0.3, -0.25) is 0 Å². The molecular weight excluding hydrogens is 414 g/mol. The lowest BCUT2D eigenvalue weighted by Gasteiger charge is -2.07. The summed E-state index contributed by atoms with van der Waals surface area (Å²) in [5.41, 5.74) is 3.11. The molecule has 0 fully saturated rings. The SMILES string of the molecule is CCCCOc1ccc(-c2nc3ccc(C(=O)OCc4ccccc4)cc3o2)c(Cl)c1. The summed E-state index contributed by atoms with van der Waals surface area (Å²) in [6.45, 7) is 2.97. The van der Waals surface area contributed by atoms with Gasteiger partial charge in [0, 0.05) is 0 Å². The number of carbonyl (C=O) groups excluding carboxylic acids is 1. The number of nitrogens with zero attached hydrogens (tertiary/aromatic N) is 1. The Morgan fingerprint density at radius 2 is 1.90 bits per heavy atom. The normalized spacial score (nSPS) is 10.9. The van der Waals surface area contributed by atoms with Crippen LogP contribution in [0.5, 0.6) is 5.75 Å². The van der Waals surface area contributed by atoms with E-state index in [2.05, 4.69) is 11.9 Å². The van der Waals surface area contributed by atoms with Crippen LogP contribution in [0.2, 0.25) is 5.02 Å². The molecule has 0 spiro atoms. The van der Waals surface area contributed by atoms with Crippen LogP contribution in [0.4, 0.5) is 0 Å². The zero-order valence-electron chi connectivity index (χ0n) is 17.1. The molecule has 1 aromatic heterocycles. The van der Waals surface area contributed by atoms with Crippen LogP contribution in [0.15, 0.2) is 71.1 Å². The van der Waals surface area contributed by atoms with Crippen LogP contribution in [0, 0.1) is 0 Å². The molecule has 158 valence electrons. The predicted octanol–water partition coefficient (Wildman–Crippen LogP) is 6.68. The Hall–Kier alpha value is -3.31. The van der Waals surface area contributed by atoms with Crippen molar-refractivity contribution in [3.63, 3.8) is 0 Å². The molecule has 0 bridgehead atoms. The minimum atomic E-state index is -0.421. The molecule has 0 unspecified atom stereocenters. The van der Waals surface area contributed by atoms with Crippen molar-refractivity contribution in [3.8, 4) is 17.2 Å². The molecule has 0 N–H and O–H groups in total. The number of ether oxygens (including phenoxy) is 2. The number of halogens is 1. The van der Waals surface area contributed by atoms with Crippen molar-refractivity contribution in [2.45, 2.75) is 26.4 Å². The minimum absolute atomic E-state index is 0.210. The third-order valence-electron chi connectivity index (χ3n) is 4.77. The first-order valence-electron chi connectivity index (χ1n) is 10.2. The molecule has 0 radical (unpaired) electrons. The fourth-order valence-electron chi connectivity index (χ4n) is 3.07. The smallest absolute Gasteiger partial charge is 0.338 e. The zero-order valence-corrected chi connectivity index (χ0v) is 17.9. The lowest BCUT2D eigenvalue weighted by atomic mass is 10.2. The summed E-state index contributed by atoms with van der Waals surface area (Å²) >= 11 is 6.43. The largest absolute Gasteiger partial charge is 0.494 e. The van der Waals surface area contributed by atoms with Gasteiger partial charge in [-0.1, -0.05) is 55.3 Å². The first-order valence-corrected chi connectivity index (χ1v) is 10.6. The minimum Gasteiger partial charge on any atom is -0.494 e. The maximum absolute atomic E-state index is 12.4. The summed E-state index contributed by atoms with van der Waals surface area (Å²) in [5.74, 6) is 0.673. The molecule has 0 amide bonds. The van der Waals surface area contributed by atoms with E-state index in [9.17, 15) is 4.79 Å². The van der Waals surface area contributed by atoms with Crippen LogP contribution in [0.25, 0.3) is 22.6 Å². The molecule has 3 aromatic carbocycles. The van der Waals surface area contributed by atoms with Gasteiger partial charge in [-0.2, -0.15) is 0 Å². The Morgan fingerprint density at radius 3 is 2.68 bits per heavy atom. The number of esters is 1. The van der Waals surface area contributed by atoms with E-state index in [1.807, 2.05) is 42.5 Å². The highest BCUT2D eigenvalue weighted by atomic mass is 35.5. The van der Waals surface area contributed by atoms with E-state index >= 15 is 0 Å². The van der Waals surface area contributed by atoms with Crippen LogP contribution in [-0.2, 0) is 11.3 Å². The van der Waals surface area contributed by atoms with E-state index in [4.69, 9.17) is 25.5 Å². The standard InChI is InChI=1S/C25H22ClNO4/c1-2-3-13-29-19-10-11-20(21(26)15-19)24-27-22-12-9-18(14-23(22)31-24)25(28)30-16-17-7-5-4-6-8-17/h4-12,14-15H,2-3,13,16H2,1H3. The van der Waals surface area contributed by atoms with Crippen molar-refractivity contribution in [2.75, 3.05) is 6.61 Å². The van der Waals surface area contributed by atoms with Crippen molar-refractivity contribution >= 4 is 28.7 Å². The Kier molecular flexibility index (Phi) is 6.53. The summed E-state index contributed by atoms with van der Waals surface area (Å²) in [6, 6.07) is 20.0. The van der Waals surface area contributed by atoms with Crippen LogP contribution < -0.4 is 4.74 Å². The van der Waals surface area contributed by atoms with Crippen molar-refractivity contribution in [1.82, 2.24) is 4.98 Å². The second-order valence-electron chi connectivity index (χ2n) is 7.11. The number of benzene rings is 3. The van der Waals surface area contributed by atoms with Gasteiger partial charge in [0.05, 0.1) is 22.8 Å². The number of hydrogen-bond acceptors (Lipinski definition) is 5. The molecular formula is C25H22ClNO4. The van der Waals surface area contributed by atoms with Gasteiger partial charge in [-0.15, -0.1) is 0 Å². The zero-order chi connectivity index (χ0) is 21.6. The second-order valence-corrected chi connectivity index (χ2v) is 7.51. The molecule has 0 aliphatic heterocycles. The van der Waals surface area contributed by atoms with Crippen molar-refractivity contribution in [3.05, 3.63) is 82.9 Å². The number of hydrogen-bond donors (Lipinski definition) is 0. The van der Waals surface area contributed by atoms with Crippen molar-refractivity contribution in [1.29, 1.82) is 0 Å². The number of carbonyl (C=O) groups is 1. The molecule has 4 rings (SSSR count). The van der Waals surface area contributed by atoms with Gasteiger partial charge in [0.2, 0.25) is 5.89 Å². The predicted molar refractivity (Wildman–Crippen MR) is 120 cm³/mol. The summed E-state index contributed by atoms with van der Waals surface area (Å²) in [7, 11) is 0. The van der Waals surface area contributed by atoms with Gasteiger partial charge >= 0.3 is 5.97 Å². The highest BCUT2D eigenvalue weighted by Crippen LogP contribution is 2.33. The van der Waals surface area contributed by atoms with Gasteiger partial charge in [0.1, 0.15) is 17.9 Å². The summed E-state index contributed by atoms with van der Waals surface area (Å²) in [4.78, 5) is 16.9. The van der Waals surface area contributed by atoms with Gasteiger partial charge in [-0.25, -0.2) is 9.78 Å². The van der Waals surface area contributed by atoms with E-state index in [1.54, 1.807) is 24.3 Å². The number of unbranched alkanes of at least 4 members (excludes halogenated alkanes) is 1. The van der Waals surface area contributed by atoms with Gasteiger partial charge in [0.15, 0.2) is 5.58 Å². The van der Waals surface area contributed by atoms with Gasteiger partial charge in [0.25, 0.3) is 0 Å². The van der Waals surface area contributed by atoms with E-state index in [-0.39, 0.29) is 6.61 Å². The van der Waals surface area contributed by atoms with E-state index in [1.165, 1.54) is 0 Å². The lowest BCUT2D eigenvalue weighted by Crippen LogP contribution is -2.04. The van der Waals surface area contributed by atoms with Crippen LogP contribution in [0.3, 0.4) is 0 Å². The van der Waals surface area contributed by atoms with Gasteiger partial charge in [-0.05, 0) is 48.4 Å². The van der Waals surface area contributed by atoms with Crippen LogP contribution in [-0.4, -0.2) is 17.6 Å². The maximum atomic E-state index is 12.4. The number of fused-ring (bicyclic) bond motifs is 1. The Morgan fingerprint density at radius 1 is 1.06 bits per heavy atom. The third-order valence-corrected chi connectivity index (χ3v) is 5.09. The molecule has 6 heteroatoms. The van der Waals surface area contributed by atoms with Crippen LogP contribution in [0.1, 0.15) is 35.7 Å². The molecule has 1 heterocycles. The van der Waals surface area contributed by atoms with Crippen molar-refractivity contribution < 1.29 is 18.7 Å². The maximum Gasteiger partial charge on any atom is 0.338 e. The molecule has 4 aromatic rings. The lowest BCUT2D eigenvalue weighted by molar-refractivity contribution is 0.0473. The molecule has 0 aliphatic carbocycles. The number of oxazole rings is 1. The Balaban J connectivity index is 1.50. The molecule has 0 saturated heterocycles. The molecule has 31 heavy (non-hydrogen) atoms. The highest BCUT2D eigenvalue weighted by molar-refractivity contribution is 6.33. The van der Waals surface area contributed by atoms with E-state index in [0.29, 0.717) is 45.5 Å². The average molecular weight is 436 g/mol. The van der Waals surface area contributed by atoms with Crippen molar-refractivity contribution in [2.24, 2.45) is 0 Å². The third kappa shape index (κ3) is 5.06. The fraction of sp³-hybridized carbons (Fsp3) is 0.200. The Labute approximate surface area is 185 Å². The number of rotatable bonds is 8. The quantitative estimate of drug-likeness (QED) is 0.228. The fourth-order valence-corrected chi connectivity index (χ4v) is 3.32. The summed E-state index contributed by atoms with van der Waals surface area (Å²) < 4.78 is 17.0. The van der Waals surface area contributed by atoms with Gasteiger partial charge < -0.3 is 13.9 Å². The first kappa shape index (κ1) is 20.9. The average Bonchev–Trinajstić information content (AvgIpc) is 3.21. The van der Waals surface area contributed by atoms with E-state index in [0.717, 1.165) is 18.4 Å².